The summed E-state index contributed by atoms with van der Waals surface area (Å²) in [5, 5.41) is 3.47. The number of likely N-dealkylation sites (N-methyl/N-ethyl adjacent to an activating group) is 1. The zero-order chi connectivity index (χ0) is 15.2. The lowest BCUT2D eigenvalue weighted by Crippen LogP contribution is -2.49. The number of nitrogens with one attached hydrogen (secondary N) is 1. The fraction of sp³-hybridized carbons (Fsp3) is 0.278. The molecular weight excluding hydrogens is 272 g/mol. The van der Waals surface area contributed by atoms with Gasteiger partial charge in [-0.1, -0.05) is 36.4 Å². The number of aliphatic imine (C=N–C) groups is 1. The second-order valence-corrected chi connectivity index (χ2v) is 5.55. The average molecular weight is 294 g/mol. The summed E-state index contributed by atoms with van der Waals surface area (Å²) in [6.45, 7) is 4.10. The fourth-order valence-corrected chi connectivity index (χ4v) is 2.47. The number of anilines is 1. The van der Waals surface area contributed by atoms with E-state index in [1.807, 2.05) is 48.5 Å². The lowest BCUT2D eigenvalue weighted by atomic mass is 10.3. The van der Waals surface area contributed by atoms with Crippen LogP contribution in [-0.2, 0) is 0 Å². The van der Waals surface area contributed by atoms with Crippen LogP contribution < -0.4 is 5.32 Å². The van der Waals surface area contributed by atoms with E-state index in [2.05, 4.69) is 34.3 Å². The first kappa shape index (κ1) is 14.6. The van der Waals surface area contributed by atoms with Crippen LogP contribution in [0.1, 0.15) is 0 Å². The zero-order valence-corrected chi connectivity index (χ0v) is 12.9. The molecule has 1 aliphatic heterocycles. The molecule has 1 aliphatic rings. The number of benzene rings is 2. The molecule has 22 heavy (non-hydrogen) atoms. The Morgan fingerprint density at radius 3 is 2.09 bits per heavy atom. The van der Waals surface area contributed by atoms with E-state index in [-0.39, 0.29) is 0 Å². The first-order valence-corrected chi connectivity index (χ1v) is 7.70. The minimum absolute atomic E-state index is 0.922. The highest BCUT2D eigenvalue weighted by molar-refractivity contribution is 5.95. The number of hydrogen-bond acceptors (Lipinski definition) is 2. The van der Waals surface area contributed by atoms with E-state index in [1.165, 1.54) is 0 Å². The van der Waals surface area contributed by atoms with E-state index in [9.17, 15) is 0 Å². The van der Waals surface area contributed by atoms with E-state index in [0.29, 0.717) is 0 Å². The van der Waals surface area contributed by atoms with Crippen LogP contribution in [0.5, 0.6) is 0 Å². The second kappa shape index (κ2) is 7.09. The van der Waals surface area contributed by atoms with E-state index < -0.39 is 0 Å². The molecule has 0 saturated carbocycles. The van der Waals surface area contributed by atoms with E-state index in [1.54, 1.807) is 0 Å². The summed E-state index contributed by atoms with van der Waals surface area (Å²) in [5.41, 5.74) is 2.04. The normalized spacial score (nSPS) is 16.6. The van der Waals surface area contributed by atoms with Gasteiger partial charge in [0.1, 0.15) is 0 Å². The summed E-state index contributed by atoms with van der Waals surface area (Å²) in [6, 6.07) is 20.3. The number of rotatable bonds is 2. The van der Waals surface area contributed by atoms with Crippen molar-refractivity contribution in [3.63, 3.8) is 0 Å². The van der Waals surface area contributed by atoms with Gasteiger partial charge in [0, 0.05) is 31.9 Å². The Morgan fingerprint density at radius 2 is 1.45 bits per heavy atom. The number of nitrogens with zero attached hydrogens (tertiary/aromatic N) is 3. The maximum absolute atomic E-state index is 4.82. The molecule has 114 valence electrons. The maximum atomic E-state index is 4.82. The predicted molar refractivity (Wildman–Crippen MR) is 92.7 cm³/mol. The van der Waals surface area contributed by atoms with Crippen molar-refractivity contribution in [2.75, 3.05) is 38.5 Å². The first-order chi connectivity index (χ1) is 10.8. The van der Waals surface area contributed by atoms with Crippen molar-refractivity contribution < 1.29 is 0 Å². The van der Waals surface area contributed by atoms with Crippen LogP contribution in [0.4, 0.5) is 11.4 Å². The van der Waals surface area contributed by atoms with Gasteiger partial charge in [0.05, 0.1) is 5.69 Å². The van der Waals surface area contributed by atoms with E-state index >= 15 is 0 Å². The van der Waals surface area contributed by atoms with Crippen LogP contribution in [0.2, 0.25) is 0 Å². The van der Waals surface area contributed by atoms with Gasteiger partial charge < -0.3 is 15.1 Å². The summed E-state index contributed by atoms with van der Waals surface area (Å²) < 4.78 is 0. The topological polar surface area (TPSA) is 30.9 Å². The Labute approximate surface area is 132 Å². The van der Waals surface area contributed by atoms with Crippen molar-refractivity contribution in [1.82, 2.24) is 9.80 Å². The first-order valence-electron chi connectivity index (χ1n) is 7.70. The van der Waals surface area contributed by atoms with E-state index in [0.717, 1.165) is 43.5 Å². The number of para-hydroxylation sites is 2. The van der Waals surface area contributed by atoms with Crippen LogP contribution in [-0.4, -0.2) is 49.0 Å². The minimum Gasteiger partial charge on any atom is -0.340 e. The molecule has 4 nitrogen and oxygen atoms in total. The Bertz CT molecular complexity index is 601. The van der Waals surface area contributed by atoms with Crippen LogP contribution >= 0.6 is 0 Å². The average Bonchev–Trinajstić information content (AvgIpc) is 2.57. The number of guanidine groups is 1. The fourth-order valence-electron chi connectivity index (χ4n) is 2.47. The summed E-state index contributed by atoms with van der Waals surface area (Å²) in [4.78, 5) is 9.48. The standard InChI is InChI=1S/C18H22N4/c1-21-12-14-22(15-13-21)18(19-16-8-4-2-5-9-16)20-17-10-6-3-7-11-17/h2-11H,12-15H2,1H3,(H,19,20). The Balaban J connectivity index is 1.83. The SMILES string of the molecule is CN1CCN(C(=Nc2ccccc2)Nc2ccccc2)CC1. The Kier molecular flexibility index (Phi) is 4.71. The third-order valence-electron chi connectivity index (χ3n) is 3.82. The molecule has 2 aromatic rings. The molecule has 0 unspecified atom stereocenters. The van der Waals surface area contributed by atoms with Crippen molar-refractivity contribution in [3.05, 3.63) is 60.7 Å². The van der Waals surface area contributed by atoms with E-state index in [4.69, 9.17) is 4.99 Å². The van der Waals surface area contributed by atoms with Gasteiger partial charge in [0.2, 0.25) is 5.96 Å². The molecular formula is C18H22N4. The third kappa shape index (κ3) is 3.86. The maximum Gasteiger partial charge on any atom is 0.203 e. The lowest BCUT2D eigenvalue weighted by Gasteiger charge is -2.34. The summed E-state index contributed by atoms with van der Waals surface area (Å²) in [6.07, 6.45) is 0. The Hall–Kier alpha value is -2.33. The van der Waals surface area contributed by atoms with Gasteiger partial charge in [0.25, 0.3) is 0 Å². The molecule has 1 N–H and O–H groups in total. The van der Waals surface area contributed by atoms with Gasteiger partial charge in [-0.15, -0.1) is 0 Å². The van der Waals surface area contributed by atoms with Gasteiger partial charge in [-0.2, -0.15) is 0 Å². The molecule has 0 spiro atoms. The summed E-state index contributed by atoms with van der Waals surface area (Å²) >= 11 is 0. The molecule has 4 heteroatoms. The molecule has 0 aromatic heterocycles. The molecule has 0 bridgehead atoms. The highest BCUT2D eigenvalue weighted by atomic mass is 15.3. The molecule has 0 radical (unpaired) electrons. The van der Waals surface area contributed by atoms with Crippen molar-refractivity contribution in [1.29, 1.82) is 0 Å². The molecule has 1 heterocycles. The van der Waals surface area contributed by atoms with Gasteiger partial charge >= 0.3 is 0 Å². The third-order valence-corrected chi connectivity index (χ3v) is 3.82. The van der Waals surface area contributed by atoms with Crippen molar-refractivity contribution in [2.24, 2.45) is 4.99 Å². The van der Waals surface area contributed by atoms with Gasteiger partial charge in [0.15, 0.2) is 0 Å². The van der Waals surface area contributed by atoms with Crippen LogP contribution in [0.25, 0.3) is 0 Å². The number of piperazine rings is 1. The minimum atomic E-state index is 0.922. The van der Waals surface area contributed by atoms with Crippen molar-refractivity contribution >= 4 is 17.3 Å². The monoisotopic (exact) mass is 294 g/mol. The van der Waals surface area contributed by atoms with Crippen LogP contribution in [0, 0.1) is 0 Å². The smallest absolute Gasteiger partial charge is 0.203 e. The van der Waals surface area contributed by atoms with Crippen LogP contribution in [0.15, 0.2) is 65.7 Å². The van der Waals surface area contributed by atoms with Crippen LogP contribution in [0.3, 0.4) is 0 Å². The Morgan fingerprint density at radius 1 is 0.864 bits per heavy atom. The molecule has 0 atom stereocenters. The summed E-state index contributed by atoms with van der Waals surface area (Å²) in [7, 11) is 2.16. The van der Waals surface area contributed by atoms with Gasteiger partial charge in [-0.3, -0.25) is 0 Å². The molecule has 2 aromatic carbocycles. The molecule has 0 aliphatic carbocycles. The lowest BCUT2D eigenvalue weighted by molar-refractivity contribution is 0.215. The molecule has 3 rings (SSSR count). The van der Waals surface area contributed by atoms with Gasteiger partial charge in [-0.05, 0) is 31.3 Å². The quantitative estimate of drug-likeness (QED) is 0.682. The highest BCUT2D eigenvalue weighted by Crippen LogP contribution is 2.14. The van der Waals surface area contributed by atoms with Crippen molar-refractivity contribution in [3.8, 4) is 0 Å². The number of hydrogen-bond donors (Lipinski definition) is 1. The van der Waals surface area contributed by atoms with Crippen molar-refractivity contribution in [2.45, 2.75) is 0 Å². The zero-order valence-electron chi connectivity index (χ0n) is 12.9. The van der Waals surface area contributed by atoms with Gasteiger partial charge in [-0.25, -0.2) is 4.99 Å². The predicted octanol–water partition coefficient (Wildman–Crippen LogP) is 3.03. The molecule has 1 fully saturated rings. The largest absolute Gasteiger partial charge is 0.340 e. The summed E-state index contributed by atoms with van der Waals surface area (Å²) in [5.74, 6) is 0.922. The second-order valence-electron chi connectivity index (χ2n) is 5.55. The molecule has 1 saturated heterocycles. The molecule has 0 amide bonds. The highest BCUT2D eigenvalue weighted by Gasteiger charge is 2.17.